The molecule has 0 aliphatic rings. The summed E-state index contributed by atoms with van der Waals surface area (Å²) in [6.45, 7) is 0.863. The third-order valence-electron chi connectivity index (χ3n) is 4.50. The predicted molar refractivity (Wildman–Crippen MR) is 104 cm³/mol. The first-order chi connectivity index (χ1) is 13.1. The van der Waals surface area contributed by atoms with Crippen LogP contribution in [0.4, 0.5) is 8.78 Å². The zero-order valence-electron chi connectivity index (χ0n) is 15.8. The fraction of sp³-hybridized carbons (Fsp3) is 0.250. The molecule has 0 unspecified atom stereocenters. The van der Waals surface area contributed by atoms with E-state index in [9.17, 15) is 17.2 Å². The molecule has 148 valence electrons. The van der Waals surface area contributed by atoms with Gasteiger partial charge in [0.05, 0.1) is 16.9 Å². The van der Waals surface area contributed by atoms with Crippen molar-refractivity contribution in [2.24, 2.45) is 7.05 Å². The highest BCUT2D eigenvalue weighted by Crippen LogP contribution is 2.30. The third-order valence-corrected chi connectivity index (χ3v) is 5.91. The van der Waals surface area contributed by atoms with Gasteiger partial charge in [-0.2, -0.15) is 0 Å². The number of imidazole rings is 1. The molecule has 0 saturated carbocycles. The summed E-state index contributed by atoms with van der Waals surface area (Å²) in [6, 6.07) is 11.0. The minimum atomic E-state index is -3.60. The summed E-state index contributed by atoms with van der Waals surface area (Å²) in [6.07, 6.45) is 3.90. The first-order valence-corrected chi connectivity index (χ1v) is 10.1. The van der Waals surface area contributed by atoms with Gasteiger partial charge in [0, 0.05) is 31.3 Å². The van der Waals surface area contributed by atoms with Crippen molar-refractivity contribution in [3.05, 3.63) is 71.7 Å². The van der Waals surface area contributed by atoms with Crippen LogP contribution in [-0.4, -0.2) is 25.0 Å². The van der Waals surface area contributed by atoms with Gasteiger partial charge >= 0.3 is 0 Å². The number of hydrogen-bond acceptors (Lipinski definition) is 3. The van der Waals surface area contributed by atoms with Crippen LogP contribution >= 0.6 is 0 Å². The van der Waals surface area contributed by atoms with Crippen molar-refractivity contribution < 1.29 is 17.2 Å². The van der Waals surface area contributed by atoms with Crippen LogP contribution in [0.2, 0.25) is 0 Å². The molecule has 2 aromatic carbocycles. The van der Waals surface area contributed by atoms with Crippen LogP contribution in [0.25, 0.3) is 11.3 Å². The van der Waals surface area contributed by atoms with E-state index in [2.05, 4.69) is 9.71 Å². The van der Waals surface area contributed by atoms with Crippen LogP contribution in [0.1, 0.15) is 23.6 Å². The average Bonchev–Trinajstić information content (AvgIpc) is 3.08. The van der Waals surface area contributed by atoms with E-state index < -0.39 is 15.9 Å². The van der Waals surface area contributed by atoms with E-state index in [-0.39, 0.29) is 10.5 Å². The second-order valence-corrected chi connectivity index (χ2v) is 8.60. The SMILES string of the molecule is CNS(=O)(=O)c1ccc(Cc2ccc(C(C)(F)F)cc2)c(-c2cn(C)cn2)c1. The number of rotatable bonds is 6. The van der Waals surface area contributed by atoms with Crippen molar-refractivity contribution >= 4 is 10.0 Å². The number of aryl methyl sites for hydroxylation is 1. The van der Waals surface area contributed by atoms with E-state index >= 15 is 0 Å². The Labute approximate surface area is 163 Å². The Balaban J connectivity index is 2.03. The van der Waals surface area contributed by atoms with E-state index in [0.717, 1.165) is 18.1 Å². The Morgan fingerprint density at radius 1 is 1.14 bits per heavy atom. The van der Waals surface area contributed by atoms with Gasteiger partial charge in [-0.25, -0.2) is 26.9 Å². The molecule has 0 spiro atoms. The summed E-state index contributed by atoms with van der Waals surface area (Å²) < 4.78 is 55.3. The minimum absolute atomic E-state index is 0.0448. The van der Waals surface area contributed by atoms with Crippen molar-refractivity contribution in [2.75, 3.05) is 7.05 Å². The summed E-state index contributed by atoms with van der Waals surface area (Å²) in [5, 5.41) is 0. The number of nitrogens with zero attached hydrogens (tertiary/aromatic N) is 2. The molecule has 1 N–H and O–H groups in total. The van der Waals surface area contributed by atoms with Crippen molar-refractivity contribution in [1.82, 2.24) is 14.3 Å². The highest BCUT2D eigenvalue weighted by Gasteiger charge is 2.23. The maximum atomic E-state index is 13.4. The van der Waals surface area contributed by atoms with Gasteiger partial charge in [0.2, 0.25) is 10.0 Å². The summed E-state index contributed by atoms with van der Waals surface area (Å²) in [5.74, 6) is -2.89. The van der Waals surface area contributed by atoms with Crippen LogP contribution in [0.15, 0.2) is 59.9 Å². The largest absolute Gasteiger partial charge is 0.340 e. The zero-order chi connectivity index (χ0) is 20.5. The van der Waals surface area contributed by atoms with Gasteiger partial charge in [-0.3, -0.25) is 0 Å². The van der Waals surface area contributed by atoms with E-state index in [1.165, 1.54) is 25.2 Å². The monoisotopic (exact) mass is 405 g/mol. The highest BCUT2D eigenvalue weighted by molar-refractivity contribution is 7.89. The number of nitrogens with one attached hydrogen (secondary N) is 1. The van der Waals surface area contributed by atoms with Crippen molar-refractivity contribution in [2.45, 2.75) is 24.2 Å². The molecule has 8 heteroatoms. The number of aromatic nitrogens is 2. The van der Waals surface area contributed by atoms with Gasteiger partial charge in [0.1, 0.15) is 0 Å². The normalized spacial score (nSPS) is 12.3. The molecule has 0 bridgehead atoms. The lowest BCUT2D eigenvalue weighted by atomic mass is 9.97. The fourth-order valence-corrected chi connectivity index (χ4v) is 3.68. The standard InChI is InChI=1S/C20H21F2N3O2S/c1-20(21,22)16-7-4-14(5-8-16)10-15-6-9-17(28(26,27)23-2)11-18(15)19-12-25(3)13-24-19/h4-9,11-13,23H,10H2,1-3H3. The Morgan fingerprint density at radius 3 is 2.36 bits per heavy atom. The molecule has 0 fully saturated rings. The molecule has 28 heavy (non-hydrogen) atoms. The molecule has 3 rings (SSSR count). The number of halogens is 2. The van der Waals surface area contributed by atoms with Gasteiger partial charge < -0.3 is 4.57 Å². The minimum Gasteiger partial charge on any atom is -0.340 e. The van der Waals surface area contributed by atoms with Crippen LogP contribution < -0.4 is 4.72 Å². The number of alkyl halides is 2. The molecule has 1 heterocycles. The zero-order valence-corrected chi connectivity index (χ0v) is 16.6. The summed E-state index contributed by atoms with van der Waals surface area (Å²) in [7, 11) is -0.418. The third kappa shape index (κ3) is 4.28. The van der Waals surface area contributed by atoms with Crippen LogP contribution in [0, 0.1) is 0 Å². The number of hydrogen-bond donors (Lipinski definition) is 1. The summed E-state index contributed by atoms with van der Waals surface area (Å²) >= 11 is 0. The molecule has 0 aliphatic carbocycles. The van der Waals surface area contributed by atoms with Gasteiger partial charge in [0.15, 0.2) is 0 Å². The molecule has 0 saturated heterocycles. The molecule has 0 atom stereocenters. The maximum Gasteiger partial charge on any atom is 0.270 e. The Kier molecular flexibility index (Phi) is 5.36. The molecular formula is C20H21F2N3O2S. The first-order valence-electron chi connectivity index (χ1n) is 8.62. The Hall–Kier alpha value is -2.58. The molecule has 3 aromatic rings. The number of sulfonamides is 1. The molecular weight excluding hydrogens is 384 g/mol. The van der Waals surface area contributed by atoms with E-state index in [4.69, 9.17) is 0 Å². The van der Waals surface area contributed by atoms with Crippen molar-refractivity contribution in [3.8, 4) is 11.3 Å². The average molecular weight is 405 g/mol. The summed E-state index contributed by atoms with van der Waals surface area (Å²) in [4.78, 5) is 4.47. The lowest BCUT2D eigenvalue weighted by Crippen LogP contribution is -2.18. The van der Waals surface area contributed by atoms with Crippen LogP contribution in [0.3, 0.4) is 0 Å². The smallest absolute Gasteiger partial charge is 0.270 e. The molecule has 5 nitrogen and oxygen atoms in total. The fourth-order valence-electron chi connectivity index (χ4n) is 2.92. The van der Waals surface area contributed by atoms with Crippen molar-refractivity contribution in [3.63, 3.8) is 0 Å². The Morgan fingerprint density at radius 2 is 1.82 bits per heavy atom. The summed E-state index contributed by atoms with van der Waals surface area (Å²) in [5.41, 5.74) is 2.97. The van der Waals surface area contributed by atoms with Gasteiger partial charge in [0.25, 0.3) is 5.92 Å². The lowest BCUT2D eigenvalue weighted by Gasteiger charge is -2.13. The Bertz CT molecular complexity index is 1090. The molecule has 1 aromatic heterocycles. The second kappa shape index (κ2) is 7.44. The van der Waals surface area contributed by atoms with Crippen LogP contribution in [0.5, 0.6) is 0 Å². The quantitative estimate of drug-likeness (QED) is 0.680. The van der Waals surface area contributed by atoms with E-state index in [1.54, 1.807) is 41.4 Å². The maximum absolute atomic E-state index is 13.4. The second-order valence-electron chi connectivity index (χ2n) is 6.71. The predicted octanol–water partition coefficient (Wildman–Crippen LogP) is 3.70. The molecule has 0 aliphatic heterocycles. The van der Waals surface area contributed by atoms with Gasteiger partial charge in [-0.1, -0.05) is 30.3 Å². The highest BCUT2D eigenvalue weighted by atomic mass is 32.2. The van der Waals surface area contributed by atoms with Gasteiger partial charge in [-0.15, -0.1) is 0 Å². The topological polar surface area (TPSA) is 64.0 Å². The lowest BCUT2D eigenvalue weighted by molar-refractivity contribution is 0.0174. The number of benzene rings is 2. The van der Waals surface area contributed by atoms with Crippen molar-refractivity contribution in [1.29, 1.82) is 0 Å². The van der Waals surface area contributed by atoms with E-state index in [0.29, 0.717) is 17.7 Å². The van der Waals surface area contributed by atoms with Crippen LogP contribution in [-0.2, 0) is 29.4 Å². The first kappa shape index (κ1) is 20.2. The van der Waals surface area contributed by atoms with Gasteiger partial charge in [-0.05, 0) is 36.7 Å². The van der Waals surface area contributed by atoms with E-state index in [1.807, 2.05) is 7.05 Å². The molecule has 0 amide bonds. The molecule has 0 radical (unpaired) electrons.